The van der Waals surface area contributed by atoms with Crippen molar-refractivity contribution >= 4 is 24.3 Å². The number of carboxylic acid groups (broad SMARTS) is 1. The van der Waals surface area contributed by atoms with Gasteiger partial charge in [-0.3, -0.25) is 9.69 Å². The highest BCUT2D eigenvalue weighted by atomic mass is 35.5. The Morgan fingerprint density at radius 3 is 2.52 bits per heavy atom. The monoisotopic (exact) mass is 313 g/mol. The molecule has 6 heteroatoms. The fourth-order valence-corrected chi connectivity index (χ4v) is 2.76. The maximum atomic E-state index is 12.4. The topological polar surface area (TPSA) is 66.8 Å². The summed E-state index contributed by atoms with van der Waals surface area (Å²) in [5.74, 6) is -1.57. The first-order chi connectivity index (χ1) is 9.54. The van der Waals surface area contributed by atoms with Crippen LogP contribution in [0.5, 0.6) is 0 Å². The number of likely N-dealkylation sites (tertiary alicyclic amines) is 1. The van der Waals surface area contributed by atoms with Gasteiger partial charge in [0.25, 0.3) is 0 Å². The van der Waals surface area contributed by atoms with Crippen LogP contribution in [0.25, 0.3) is 0 Å². The molecular weight excluding hydrogens is 294 g/mol. The summed E-state index contributed by atoms with van der Waals surface area (Å²) >= 11 is 0. The van der Waals surface area contributed by atoms with E-state index < -0.39 is 24.1 Å². The lowest BCUT2D eigenvalue weighted by molar-refractivity contribution is -0.163. The van der Waals surface area contributed by atoms with Gasteiger partial charge < -0.3 is 9.84 Å². The van der Waals surface area contributed by atoms with Crippen molar-refractivity contribution in [2.24, 2.45) is 0 Å². The average Bonchev–Trinajstić information content (AvgIpc) is 2.79. The van der Waals surface area contributed by atoms with Gasteiger partial charge in [0.2, 0.25) is 0 Å². The van der Waals surface area contributed by atoms with Crippen molar-refractivity contribution in [2.45, 2.75) is 24.8 Å². The van der Waals surface area contributed by atoms with E-state index in [1.807, 2.05) is 42.3 Å². The molecule has 0 amide bonds. The maximum absolute atomic E-state index is 12.4. The second-order valence-electron chi connectivity index (χ2n) is 5.19. The number of hydrogen-bond acceptors (Lipinski definition) is 4. The third kappa shape index (κ3) is 3.95. The molecule has 0 bridgehead atoms. The van der Waals surface area contributed by atoms with E-state index in [1.54, 1.807) is 0 Å². The highest BCUT2D eigenvalue weighted by molar-refractivity contribution is 5.85. The molecule has 116 valence electrons. The molecule has 0 saturated carbocycles. The second-order valence-corrected chi connectivity index (χ2v) is 5.19. The predicted octanol–water partition coefficient (Wildman–Crippen LogP) is 1.74. The van der Waals surface area contributed by atoms with Gasteiger partial charge in [0.15, 0.2) is 6.61 Å². The van der Waals surface area contributed by atoms with Crippen LogP contribution in [0.4, 0.5) is 0 Å². The molecule has 1 atom stereocenters. The number of likely N-dealkylation sites (N-methyl/N-ethyl adjacent to an activating group) is 1. The molecule has 1 fully saturated rings. The van der Waals surface area contributed by atoms with Gasteiger partial charge in [0.05, 0.1) is 0 Å². The number of ether oxygens (including phenoxy) is 1. The van der Waals surface area contributed by atoms with Crippen molar-refractivity contribution in [3.63, 3.8) is 0 Å². The molecule has 2 rings (SSSR count). The zero-order valence-corrected chi connectivity index (χ0v) is 12.8. The quantitative estimate of drug-likeness (QED) is 0.839. The Bertz CT molecular complexity index is 494. The standard InChI is InChI=1S/C15H19NO4.ClH/c1-16-9-5-8-15(16,14(19)20-11-13(17)18)10-12-6-3-2-4-7-12;/h2-4,6-7H,5,8-11H2,1H3,(H,17,18);1H. The number of carbonyl (C=O) groups is 2. The van der Waals surface area contributed by atoms with Crippen molar-refractivity contribution in [3.05, 3.63) is 35.9 Å². The Balaban J connectivity index is 0.00000220. The average molecular weight is 314 g/mol. The van der Waals surface area contributed by atoms with Crippen molar-refractivity contribution in [1.29, 1.82) is 0 Å². The predicted molar refractivity (Wildman–Crippen MR) is 80.6 cm³/mol. The largest absolute Gasteiger partial charge is 0.479 e. The van der Waals surface area contributed by atoms with Crippen molar-refractivity contribution in [2.75, 3.05) is 20.2 Å². The number of rotatable bonds is 5. The van der Waals surface area contributed by atoms with Crippen LogP contribution in [0, 0.1) is 0 Å². The van der Waals surface area contributed by atoms with Crippen LogP contribution in [0.3, 0.4) is 0 Å². The molecule has 5 nitrogen and oxygen atoms in total. The summed E-state index contributed by atoms with van der Waals surface area (Å²) in [7, 11) is 1.89. The van der Waals surface area contributed by atoms with E-state index in [9.17, 15) is 9.59 Å². The summed E-state index contributed by atoms with van der Waals surface area (Å²) in [6.07, 6.45) is 2.14. The number of esters is 1. The normalized spacial score (nSPS) is 21.6. The minimum Gasteiger partial charge on any atom is -0.479 e. The third-order valence-corrected chi connectivity index (χ3v) is 3.86. The van der Waals surface area contributed by atoms with Crippen LogP contribution in [0.15, 0.2) is 30.3 Å². The second kappa shape index (κ2) is 7.43. The molecule has 0 radical (unpaired) electrons. The first-order valence-corrected chi connectivity index (χ1v) is 6.69. The van der Waals surface area contributed by atoms with Crippen molar-refractivity contribution in [3.8, 4) is 0 Å². The van der Waals surface area contributed by atoms with Crippen LogP contribution in [-0.4, -0.2) is 47.7 Å². The summed E-state index contributed by atoms with van der Waals surface area (Å²) in [4.78, 5) is 24.9. The maximum Gasteiger partial charge on any atom is 0.341 e. The van der Waals surface area contributed by atoms with Crippen LogP contribution >= 0.6 is 12.4 Å². The lowest BCUT2D eigenvalue weighted by atomic mass is 9.88. The van der Waals surface area contributed by atoms with E-state index >= 15 is 0 Å². The molecule has 1 unspecified atom stereocenters. The molecule has 1 saturated heterocycles. The minimum absolute atomic E-state index is 0. The van der Waals surface area contributed by atoms with E-state index in [-0.39, 0.29) is 12.4 Å². The summed E-state index contributed by atoms with van der Waals surface area (Å²) in [6, 6.07) is 9.73. The van der Waals surface area contributed by atoms with Gasteiger partial charge >= 0.3 is 11.9 Å². The van der Waals surface area contributed by atoms with Gasteiger partial charge in [0.1, 0.15) is 5.54 Å². The summed E-state index contributed by atoms with van der Waals surface area (Å²) in [5, 5.41) is 8.65. The zero-order valence-electron chi connectivity index (χ0n) is 11.9. The SMILES string of the molecule is CN1CCCC1(Cc1ccccc1)C(=O)OCC(=O)O.Cl. The Hall–Kier alpha value is -1.59. The van der Waals surface area contributed by atoms with Gasteiger partial charge in [-0.05, 0) is 32.0 Å². The smallest absolute Gasteiger partial charge is 0.341 e. The van der Waals surface area contributed by atoms with Crippen LogP contribution < -0.4 is 0 Å². The van der Waals surface area contributed by atoms with Crippen molar-refractivity contribution < 1.29 is 19.4 Å². The molecule has 1 heterocycles. The van der Waals surface area contributed by atoms with Gasteiger partial charge in [-0.1, -0.05) is 30.3 Å². The van der Waals surface area contributed by atoms with Crippen LogP contribution in [-0.2, 0) is 20.7 Å². The third-order valence-electron chi connectivity index (χ3n) is 3.86. The minimum atomic E-state index is -1.13. The molecule has 0 aliphatic carbocycles. The molecule has 21 heavy (non-hydrogen) atoms. The first-order valence-electron chi connectivity index (χ1n) is 6.69. The molecule has 1 aliphatic rings. The Morgan fingerprint density at radius 2 is 2.00 bits per heavy atom. The van der Waals surface area contributed by atoms with Crippen molar-refractivity contribution in [1.82, 2.24) is 4.90 Å². The summed E-state index contributed by atoms with van der Waals surface area (Å²) < 4.78 is 4.95. The summed E-state index contributed by atoms with van der Waals surface area (Å²) in [6.45, 7) is 0.234. The van der Waals surface area contributed by atoms with Gasteiger partial charge in [-0.2, -0.15) is 0 Å². The Labute approximate surface area is 130 Å². The lowest BCUT2D eigenvalue weighted by Gasteiger charge is -2.33. The number of benzene rings is 1. The van der Waals surface area contributed by atoms with Crippen LogP contribution in [0.1, 0.15) is 18.4 Å². The van der Waals surface area contributed by atoms with Gasteiger partial charge in [-0.25, -0.2) is 4.79 Å². The first kappa shape index (κ1) is 17.5. The number of carbonyl (C=O) groups excluding carboxylic acids is 1. The fourth-order valence-electron chi connectivity index (χ4n) is 2.76. The Morgan fingerprint density at radius 1 is 1.33 bits per heavy atom. The van der Waals surface area contributed by atoms with E-state index in [4.69, 9.17) is 9.84 Å². The van der Waals surface area contributed by atoms with E-state index in [0.29, 0.717) is 12.8 Å². The number of aliphatic carboxylic acids is 1. The number of hydrogen-bond donors (Lipinski definition) is 1. The molecule has 0 aromatic heterocycles. The zero-order chi connectivity index (χ0) is 14.6. The van der Waals surface area contributed by atoms with E-state index in [0.717, 1.165) is 18.5 Å². The lowest BCUT2D eigenvalue weighted by Crippen LogP contribution is -2.51. The summed E-state index contributed by atoms with van der Waals surface area (Å²) in [5.41, 5.74) is 0.310. The molecule has 1 aromatic rings. The van der Waals surface area contributed by atoms with Crippen LogP contribution in [0.2, 0.25) is 0 Å². The molecular formula is C15H20ClNO4. The Kier molecular flexibility index (Phi) is 6.18. The molecule has 0 spiro atoms. The molecule has 1 N–H and O–H groups in total. The van der Waals surface area contributed by atoms with E-state index in [1.165, 1.54) is 0 Å². The van der Waals surface area contributed by atoms with E-state index in [2.05, 4.69) is 0 Å². The highest BCUT2D eigenvalue weighted by Crippen LogP contribution is 2.32. The molecule has 1 aromatic carbocycles. The van der Waals surface area contributed by atoms with Gasteiger partial charge in [0, 0.05) is 6.42 Å². The number of carboxylic acids is 1. The van der Waals surface area contributed by atoms with Gasteiger partial charge in [-0.15, -0.1) is 12.4 Å². The highest BCUT2D eigenvalue weighted by Gasteiger charge is 2.47. The molecule has 1 aliphatic heterocycles. The number of halogens is 1. The fraction of sp³-hybridized carbons (Fsp3) is 0.467. The number of nitrogens with zero attached hydrogens (tertiary/aromatic N) is 1.